The summed E-state index contributed by atoms with van der Waals surface area (Å²) in [5.74, 6) is 0.258. The molecule has 3 aromatic rings. The van der Waals surface area contributed by atoms with Crippen LogP contribution >= 0.6 is 0 Å². The van der Waals surface area contributed by atoms with Crippen molar-refractivity contribution in [2.45, 2.75) is 12.8 Å². The molecule has 0 saturated carbocycles. The molecule has 0 fully saturated rings. The van der Waals surface area contributed by atoms with Crippen molar-refractivity contribution in [1.82, 2.24) is 4.98 Å². The molecule has 0 aliphatic heterocycles. The van der Waals surface area contributed by atoms with Crippen LogP contribution in [-0.2, 0) is 6.42 Å². The molecule has 5 heteroatoms. The number of hydrogen-bond acceptors (Lipinski definition) is 4. The number of aromatic nitrogens is 1. The summed E-state index contributed by atoms with van der Waals surface area (Å²) >= 11 is 0. The molecular weight excluding hydrogens is 315 g/mol. The molecule has 1 heterocycles. The lowest BCUT2D eigenvalue weighted by molar-refractivity contribution is 0.628. The van der Waals surface area contributed by atoms with E-state index >= 15 is 0 Å². The average molecular weight is 336 g/mol. The lowest BCUT2D eigenvalue weighted by atomic mass is 10.0. The van der Waals surface area contributed by atoms with Crippen molar-refractivity contribution in [2.24, 2.45) is 0 Å². The summed E-state index contributed by atoms with van der Waals surface area (Å²) in [7, 11) is 0. The Bertz CT molecular complexity index is 864. The van der Waals surface area contributed by atoms with Gasteiger partial charge in [-0.1, -0.05) is 18.2 Å². The second-order valence-corrected chi connectivity index (χ2v) is 5.89. The van der Waals surface area contributed by atoms with Crippen LogP contribution < -0.4 is 16.8 Å². The Balaban J connectivity index is 1.59. The molecule has 0 aliphatic rings. The summed E-state index contributed by atoms with van der Waals surface area (Å²) in [6, 6.07) is 16.2. The van der Waals surface area contributed by atoms with E-state index in [9.17, 15) is 4.39 Å². The number of nitrogens with one attached hydrogen (secondary N) is 1. The molecule has 0 amide bonds. The first-order chi connectivity index (χ1) is 12.1. The molecule has 0 spiro atoms. The number of nitrogens with zero attached hydrogens (tertiary/aromatic N) is 1. The predicted molar refractivity (Wildman–Crippen MR) is 102 cm³/mol. The largest absolute Gasteiger partial charge is 0.398 e. The van der Waals surface area contributed by atoms with Gasteiger partial charge in [-0.2, -0.15) is 0 Å². The molecule has 0 bridgehead atoms. The molecule has 0 atom stereocenters. The number of rotatable bonds is 6. The lowest BCUT2D eigenvalue weighted by Crippen LogP contribution is -2.04. The zero-order valence-corrected chi connectivity index (χ0v) is 13.9. The number of hydrogen-bond donors (Lipinski definition) is 3. The highest BCUT2D eigenvalue weighted by Gasteiger charge is 2.06. The first-order valence-corrected chi connectivity index (χ1v) is 8.22. The molecule has 0 radical (unpaired) electrons. The van der Waals surface area contributed by atoms with Crippen LogP contribution in [0.5, 0.6) is 0 Å². The molecular formula is C20H21FN4. The van der Waals surface area contributed by atoms with Gasteiger partial charge in [0.1, 0.15) is 11.6 Å². The van der Waals surface area contributed by atoms with Crippen LogP contribution in [0.3, 0.4) is 0 Å². The van der Waals surface area contributed by atoms with Crippen LogP contribution in [0.4, 0.5) is 21.6 Å². The molecule has 1 aromatic heterocycles. The van der Waals surface area contributed by atoms with Crippen molar-refractivity contribution in [3.05, 3.63) is 72.2 Å². The number of nitrogen functional groups attached to an aromatic ring is 2. The fourth-order valence-electron chi connectivity index (χ4n) is 2.76. The number of benzene rings is 2. The summed E-state index contributed by atoms with van der Waals surface area (Å²) in [4.78, 5) is 4.11. The SMILES string of the molecule is Nc1cc(-c2cccnc2N)ccc1CCCNc1cccc(F)c1. The van der Waals surface area contributed by atoms with E-state index in [1.165, 1.54) is 12.1 Å². The Kier molecular flexibility index (Phi) is 5.14. The van der Waals surface area contributed by atoms with Crippen molar-refractivity contribution in [3.8, 4) is 11.1 Å². The molecule has 128 valence electrons. The Morgan fingerprint density at radius 3 is 2.64 bits per heavy atom. The average Bonchev–Trinajstić information content (AvgIpc) is 2.60. The molecule has 0 unspecified atom stereocenters. The zero-order valence-electron chi connectivity index (χ0n) is 13.9. The molecule has 0 aliphatic carbocycles. The summed E-state index contributed by atoms with van der Waals surface area (Å²) in [5.41, 5.74) is 16.6. The van der Waals surface area contributed by atoms with Crippen LogP contribution in [0.25, 0.3) is 11.1 Å². The summed E-state index contributed by atoms with van der Waals surface area (Å²) < 4.78 is 13.1. The molecule has 5 N–H and O–H groups in total. The monoisotopic (exact) mass is 336 g/mol. The highest BCUT2D eigenvalue weighted by Crippen LogP contribution is 2.27. The van der Waals surface area contributed by atoms with Gasteiger partial charge in [-0.3, -0.25) is 0 Å². The van der Waals surface area contributed by atoms with E-state index in [2.05, 4.69) is 10.3 Å². The van der Waals surface area contributed by atoms with Gasteiger partial charge in [0.15, 0.2) is 0 Å². The van der Waals surface area contributed by atoms with Crippen LogP contribution in [-0.4, -0.2) is 11.5 Å². The van der Waals surface area contributed by atoms with Crippen LogP contribution in [0.1, 0.15) is 12.0 Å². The number of aryl methyl sites for hydroxylation is 1. The first kappa shape index (κ1) is 16.8. The fourth-order valence-corrected chi connectivity index (χ4v) is 2.76. The Morgan fingerprint density at radius 1 is 1.00 bits per heavy atom. The van der Waals surface area contributed by atoms with E-state index in [0.29, 0.717) is 5.82 Å². The van der Waals surface area contributed by atoms with E-state index in [4.69, 9.17) is 11.5 Å². The topological polar surface area (TPSA) is 77.0 Å². The van der Waals surface area contributed by atoms with Gasteiger partial charge in [0, 0.05) is 29.7 Å². The maximum absolute atomic E-state index is 13.1. The van der Waals surface area contributed by atoms with Crippen LogP contribution in [0.2, 0.25) is 0 Å². The highest BCUT2D eigenvalue weighted by atomic mass is 19.1. The van der Waals surface area contributed by atoms with Gasteiger partial charge < -0.3 is 16.8 Å². The number of halogens is 1. The number of pyridine rings is 1. The third kappa shape index (κ3) is 4.26. The van der Waals surface area contributed by atoms with Gasteiger partial charge >= 0.3 is 0 Å². The highest BCUT2D eigenvalue weighted by molar-refractivity contribution is 5.76. The summed E-state index contributed by atoms with van der Waals surface area (Å²) in [5, 5.41) is 3.21. The first-order valence-electron chi connectivity index (χ1n) is 8.22. The number of nitrogens with two attached hydrogens (primary N) is 2. The number of anilines is 3. The van der Waals surface area contributed by atoms with E-state index < -0.39 is 0 Å². The molecule has 2 aromatic carbocycles. The van der Waals surface area contributed by atoms with E-state index in [1.807, 2.05) is 36.4 Å². The van der Waals surface area contributed by atoms with Crippen molar-refractivity contribution < 1.29 is 4.39 Å². The Labute approximate surface area is 146 Å². The van der Waals surface area contributed by atoms with Gasteiger partial charge in [-0.05, 0) is 60.4 Å². The van der Waals surface area contributed by atoms with Crippen LogP contribution in [0.15, 0.2) is 60.8 Å². The maximum atomic E-state index is 13.1. The minimum Gasteiger partial charge on any atom is -0.398 e. The van der Waals surface area contributed by atoms with Crippen LogP contribution in [0, 0.1) is 5.82 Å². The standard InChI is InChI=1S/C20H21FN4/c21-16-5-1-6-17(13-16)24-10-2-4-14-8-9-15(12-19(14)22)18-7-3-11-25-20(18)23/h1,3,5-9,11-13,24H,2,4,10,22H2,(H2,23,25). The van der Waals surface area contributed by atoms with Crippen molar-refractivity contribution >= 4 is 17.2 Å². The smallest absolute Gasteiger partial charge is 0.131 e. The molecule has 25 heavy (non-hydrogen) atoms. The molecule has 0 saturated heterocycles. The second kappa shape index (κ2) is 7.66. The van der Waals surface area contributed by atoms with Gasteiger partial charge in [0.25, 0.3) is 0 Å². The van der Waals surface area contributed by atoms with E-state index in [1.54, 1.807) is 12.3 Å². The summed E-state index contributed by atoms with van der Waals surface area (Å²) in [6.07, 6.45) is 3.41. The Hall–Kier alpha value is -3.08. The van der Waals surface area contributed by atoms with Crippen molar-refractivity contribution in [3.63, 3.8) is 0 Å². The zero-order chi connectivity index (χ0) is 17.6. The quantitative estimate of drug-likeness (QED) is 0.468. The van der Waals surface area contributed by atoms with Gasteiger partial charge in [0.2, 0.25) is 0 Å². The van der Waals surface area contributed by atoms with Crippen molar-refractivity contribution in [2.75, 3.05) is 23.3 Å². The van der Waals surface area contributed by atoms with E-state index in [0.717, 1.165) is 47.5 Å². The van der Waals surface area contributed by atoms with E-state index in [-0.39, 0.29) is 5.82 Å². The molecule has 3 rings (SSSR count). The van der Waals surface area contributed by atoms with Gasteiger partial charge in [-0.25, -0.2) is 9.37 Å². The summed E-state index contributed by atoms with van der Waals surface area (Å²) in [6.45, 7) is 0.750. The molecule has 4 nitrogen and oxygen atoms in total. The predicted octanol–water partition coefficient (Wildman–Crippen LogP) is 4.10. The normalized spacial score (nSPS) is 10.6. The minimum absolute atomic E-state index is 0.237. The fraction of sp³-hybridized carbons (Fsp3) is 0.150. The minimum atomic E-state index is -0.237. The maximum Gasteiger partial charge on any atom is 0.131 e. The van der Waals surface area contributed by atoms with Gasteiger partial charge in [0.05, 0.1) is 0 Å². The van der Waals surface area contributed by atoms with Crippen molar-refractivity contribution in [1.29, 1.82) is 0 Å². The van der Waals surface area contributed by atoms with Gasteiger partial charge in [-0.15, -0.1) is 0 Å². The second-order valence-electron chi connectivity index (χ2n) is 5.89. The third-order valence-corrected chi connectivity index (χ3v) is 4.07. The lowest BCUT2D eigenvalue weighted by Gasteiger charge is -2.11. The third-order valence-electron chi connectivity index (χ3n) is 4.07. The Morgan fingerprint density at radius 2 is 1.88 bits per heavy atom.